The second-order valence-corrected chi connectivity index (χ2v) is 3.25. The molecule has 0 aliphatic carbocycles. The Morgan fingerprint density at radius 1 is 1.60 bits per heavy atom. The van der Waals surface area contributed by atoms with E-state index in [0.717, 1.165) is 12.6 Å². The molecule has 15 heavy (non-hydrogen) atoms. The van der Waals surface area contributed by atoms with Gasteiger partial charge in [0.1, 0.15) is 5.82 Å². The monoisotopic (exact) mass is 213 g/mol. The van der Waals surface area contributed by atoms with E-state index in [0.29, 0.717) is 25.2 Å². The van der Waals surface area contributed by atoms with Crippen LogP contribution in [0.2, 0.25) is 0 Å². The van der Waals surface area contributed by atoms with Crippen LogP contribution in [0.5, 0.6) is 0 Å². The van der Waals surface area contributed by atoms with E-state index in [4.69, 9.17) is 4.74 Å². The van der Waals surface area contributed by atoms with Crippen molar-refractivity contribution >= 4 is 0 Å². The number of halogens is 1. The summed E-state index contributed by atoms with van der Waals surface area (Å²) in [5.74, 6) is -0.457. The Hall–Kier alpha value is -1.00. The van der Waals surface area contributed by atoms with Gasteiger partial charge in [-0.2, -0.15) is 0 Å². The SMILES string of the molecule is CCOCCCC(O)c1ccncc1F. The lowest BCUT2D eigenvalue weighted by atomic mass is 10.1. The fourth-order valence-corrected chi connectivity index (χ4v) is 1.33. The van der Waals surface area contributed by atoms with Crippen LogP contribution in [0, 0.1) is 5.82 Å². The normalized spacial score (nSPS) is 12.7. The molecule has 4 heteroatoms. The number of rotatable bonds is 6. The largest absolute Gasteiger partial charge is 0.388 e. The van der Waals surface area contributed by atoms with Crippen molar-refractivity contribution in [2.24, 2.45) is 0 Å². The van der Waals surface area contributed by atoms with Crippen molar-refractivity contribution in [3.63, 3.8) is 0 Å². The van der Waals surface area contributed by atoms with Crippen LogP contribution < -0.4 is 0 Å². The molecule has 1 atom stereocenters. The number of aliphatic hydroxyl groups is 1. The first-order valence-electron chi connectivity index (χ1n) is 5.11. The molecule has 1 aromatic rings. The van der Waals surface area contributed by atoms with Gasteiger partial charge in [0.15, 0.2) is 0 Å². The molecule has 0 radical (unpaired) electrons. The van der Waals surface area contributed by atoms with Crippen molar-refractivity contribution in [2.75, 3.05) is 13.2 Å². The van der Waals surface area contributed by atoms with Crippen molar-refractivity contribution in [2.45, 2.75) is 25.9 Å². The zero-order chi connectivity index (χ0) is 11.1. The topological polar surface area (TPSA) is 42.4 Å². The summed E-state index contributed by atoms with van der Waals surface area (Å²) in [5, 5.41) is 9.68. The second kappa shape index (κ2) is 6.48. The summed E-state index contributed by atoms with van der Waals surface area (Å²) in [4.78, 5) is 3.63. The molecule has 1 rings (SSSR count). The van der Waals surface area contributed by atoms with Gasteiger partial charge >= 0.3 is 0 Å². The summed E-state index contributed by atoms with van der Waals surface area (Å²) in [6.45, 7) is 3.18. The third-order valence-corrected chi connectivity index (χ3v) is 2.13. The highest BCUT2D eigenvalue weighted by molar-refractivity contribution is 5.15. The summed E-state index contributed by atoms with van der Waals surface area (Å²) in [7, 11) is 0. The van der Waals surface area contributed by atoms with Crippen molar-refractivity contribution in [1.29, 1.82) is 0 Å². The van der Waals surface area contributed by atoms with E-state index in [1.807, 2.05) is 6.92 Å². The van der Waals surface area contributed by atoms with Crippen LogP contribution in [0.15, 0.2) is 18.5 Å². The number of nitrogens with zero attached hydrogens (tertiary/aromatic N) is 1. The second-order valence-electron chi connectivity index (χ2n) is 3.25. The molecule has 0 amide bonds. The van der Waals surface area contributed by atoms with E-state index in [-0.39, 0.29) is 0 Å². The number of ether oxygens (including phenoxy) is 1. The maximum atomic E-state index is 13.2. The Kier molecular flexibility index (Phi) is 5.21. The number of aliphatic hydroxyl groups excluding tert-OH is 1. The van der Waals surface area contributed by atoms with Crippen molar-refractivity contribution in [1.82, 2.24) is 4.98 Å². The first-order valence-corrected chi connectivity index (χ1v) is 5.11. The predicted molar refractivity (Wildman–Crippen MR) is 54.9 cm³/mol. The maximum absolute atomic E-state index is 13.2. The van der Waals surface area contributed by atoms with Gasteiger partial charge in [0.25, 0.3) is 0 Å². The fourth-order valence-electron chi connectivity index (χ4n) is 1.33. The number of pyridine rings is 1. The molecule has 0 aromatic carbocycles. The molecule has 84 valence electrons. The van der Waals surface area contributed by atoms with E-state index in [1.165, 1.54) is 12.3 Å². The van der Waals surface area contributed by atoms with Gasteiger partial charge in [0, 0.05) is 25.0 Å². The fraction of sp³-hybridized carbons (Fsp3) is 0.545. The molecule has 0 saturated carbocycles. The van der Waals surface area contributed by atoms with Gasteiger partial charge in [0.2, 0.25) is 0 Å². The minimum atomic E-state index is -0.770. The highest BCUT2D eigenvalue weighted by Gasteiger charge is 2.11. The Labute approximate surface area is 88.9 Å². The molecule has 0 fully saturated rings. The summed E-state index contributed by atoms with van der Waals surface area (Å²) in [6, 6.07) is 1.50. The number of hydrogen-bond acceptors (Lipinski definition) is 3. The standard InChI is InChI=1S/C11H16FNO2/c1-2-15-7-3-4-11(14)9-5-6-13-8-10(9)12/h5-6,8,11,14H,2-4,7H2,1H3. The van der Waals surface area contributed by atoms with E-state index in [1.54, 1.807) is 0 Å². The quantitative estimate of drug-likeness (QED) is 0.735. The zero-order valence-electron chi connectivity index (χ0n) is 8.82. The van der Waals surface area contributed by atoms with Crippen LogP contribution in [-0.4, -0.2) is 23.3 Å². The summed E-state index contributed by atoms with van der Waals surface area (Å²) < 4.78 is 18.3. The van der Waals surface area contributed by atoms with Crippen LogP contribution in [0.3, 0.4) is 0 Å². The smallest absolute Gasteiger partial charge is 0.147 e. The highest BCUT2D eigenvalue weighted by Crippen LogP contribution is 2.20. The average Bonchev–Trinajstić information content (AvgIpc) is 2.25. The molecule has 0 aliphatic heterocycles. The molecule has 0 saturated heterocycles. The van der Waals surface area contributed by atoms with Crippen LogP contribution >= 0.6 is 0 Å². The first-order chi connectivity index (χ1) is 7.25. The molecule has 0 bridgehead atoms. The van der Waals surface area contributed by atoms with Crippen LogP contribution in [0.4, 0.5) is 4.39 Å². The Morgan fingerprint density at radius 2 is 2.40 bits per heavy atom. The Morgan fingerprint density at radius 3 is 3.07 bits per heavy atom. The summed E-state index contributed by atoms with van der Waals surface area (Å²) >= 11 is 0. The van der Waals surface area contributed by atoms with Crippen LogP contribution in [0.25, 0.3) is 0 Å². The lowest BCUT2D eigenvalue weighted by Gasteiger charge is -2.11. The molecular weight excluding hydrogens is 197 g/mol. The molecular formula is C11H16FNO2. The van der Waals surface area contributed by atoms with Crippen molar-refractivity contribution < 1.29 is 14.2 Å². The highest BCUT2D eigenvalue weighted by atomic mass is 19.1. The average molecular weight is 213 g/mol. The third kappa shape index (κ3) is 3.93. The van der Waals surface area contributed by atoms with Crippen molar-refractivity contribution in [3.8, 4) is 0 Å². The third-order valence-electron chi connectivity index (χ3n) is 2.13. The molecule has 3 nitrogen and oxygen atoms in total. The van der Waals surface area contributed by atoms with Crippen LogP contribution in [0.1, 0.15) is 31.4 Å². The molecule has 0 aliphatic rings. The zero-order valence-corrected chi connectivity index (χ0v) is 8.82. The molecule has 0 spiro atoms. The first kappa shape index (κ1) is 12.1. The molecule has 1 heterocycles. The minimum absolute atomic E-state index is 0.307. The van der Waals surface area contributed by atoms with Gasteiger partial charge in [-0.25, -0.2) is 4.39 Å². The Balaban J connectivity index is 2.40. The van der Waals surface area contributed by atoms with Gasteiger partial charge in [-0.05, 0) is 25.8 Å². The van der Waals surface area contributed by atoms with E-state index in [2.05, 4.69) is 4.98 Å². The Bertz CT molecular complexity index is 294. The lowest BCUT2D eigenvalue weighted by Crippen LogP contribution is -2.03. The minimum Gasteiger partial charge on any atom is -0.388 e. The lowest BCUT2D eigenvalue weighted by molar-refractivity contribution is 0.113. The van der Waals surface area contributed by atoms with Gasteiger partial charge < -0.3 is 9.84 Å². The molecule has 1 unspecified atom stereocenters. The van der Waals surface area contributed by atoms with Gasteiger partial charge in [-0.1, -0.05) is 0 Å². The maximum Gasteiger partial charge on any atom is 0.147 e. The van der Waals surface area contributed by atoms with Gasteiger partial charge in [0.05, 0.1) is 12.3 Å². The number of aromatic nitrogens is 1. The number of hydrogen-bond donors (Lipinski definition) is 1. The van der Waals surface area contributed by atoms with Crippen LogP contribution in [-0.2, 0) is 4.74 Å². The summed E-state index contributed by atoms with van der Waals surface area (Å²) in [5.41, 5.74) is 0.307. The van der Waals surface area contributed by atoms with Gasteiger partial charge in [-0.15, -0.1) is 0 Å². The predicted octanol–water partition coefficient (Wildman–Crippen LogP) is 2.07. The van der Waals surface area contributed by atoms with E-state index < -0.39 is 11.9 Å². The van der Waals surface area contributed by atoms with E-state index >= 15 is 0 Å². The molecule has 1 N–H and O–H groups in total. The summed E-state index contributed by atoms with van der Waals surface area (Å²) in [6.07, 6.45) is 3.04. The van der Waals surface area contributed by atoms with Crippen molar-refractivity contribution in [3.05, 3.63) is 29.8 Å². The molecule has 1 aromatic heterocycles. The van der Waals surface area contributed by atoms with Gasteiger partial charge in [-0.3, -0.25) is 4.98 Å². The van der Waals surface area contributed by atoms with E-state index in [9.17, 15) is 9.50 Å².